The molecule has 1 unspecified atom stereocenters. The lowest BCUT2D eigenvalue weighted by molar-refractivity contribution is -0.138. The predicted octanol–water partition coefficient (Wildman–Crippen LogP) is 4.42. The first kappa shape index (κ1) is 16.7. The van der Waals surface area contributed by atoms with Gasteiger partial charge in [0.2, 0.25) is 0 Å². The summed E-state index contributed by atoms with van der Waals surface area (Å²) in [7, 11) is 1.76. The Balaban J connectivity index is 2.24. The molecule has 0 amide bonds. The van der Waals surface area contributed by atoms with Gasteiger partial charge in [-0.05, 0) is 64.9 Å². The Labute approximate surface area is 154 Å². The van der Waals surface area contributed by atoms with Crippen LogP contribution in [0.5, 0.6) is 0 Å². The number of hydrogen-bond donors (Lipinski definition) is 1. The molecule has 1 aromatic heterocycles. The minimum Gasteiger partial charge on any atom is -0.480 e. The van der Waals surface area contributed by atoms with Gasteiger partial charge in [-0.2, -0.15) is 0 Å². The third kappa shape index (κ3) is 3.21. The molecule has 3 rings (SSSR count). The first-order valence-electron chi connectivity index (χ1n) is 7.59. The van der Waals surface area contributed by atoms with E-state index in [9.17, 15) is 9.90 Å². The van der Waals surface area contributed by atoms with Crippen LogP contribution in [0.1, 0.15) is 6.92 Å². The van der Waals surface area contributed by atoms with Crippen molar-refractivity contribution >= 4 is 45.3 Å². The van der Waals surface area contributed by atoms with Crippen LogP contribution in [0.25, 0.3) is 22.0 Å². The molecule has 122 valence electrons. The van der Waals surface area contributed by atoms with Crippen LogP contribution in [0.2, 0.25) is 0 Å². The maximum atomic E-state index is 11.3. The number of halogens is 1. The Morgan fingerprint density at radius 2 is 1.88 bits per heavy atom. The number of aliphatic carboxylic acids is 1. The number of anilines is 1. The standard InChI is InChI=1S/C19H17IN2O2/c1-12(19(23)24)22(2)18-11-15(13-6-4-3-5-7-13)16-10-14(20)8-9-17(16)21-18/h3-12H,1-2H3,(H,23,24). The Hall–Kier alpha value is -2.15. The van der Waals surface area contributed by atoms with E-state index in [0.717, 1.165) is 25.6 Å². The monoisotopic (exact) mass is 432 g/mol. The van der Waals surface area contributed by atoms with E-state index in [0.29, 0.717) is 5.82 Å². The number of fused-ring (bicyclic) bond motifs is 1. The number of rotatable bonds is 4. The zero-order valence-corrected chi connectivity index (χ0v) is 15.6. The summed E-state index contributed by atoms with van der Waals surface area (Å²) in [6.07, 6.45) is 0. The molecule has 0 aliphatic rings. The second-order valence-corrected chi connectivity index (χ2v) is 6.93. The van der Waals surface area contributed by atoms with Crippen molar-refractivity contribution < 1.29 is 9.90 Å². The number of nitrogens with zero attached hydrogens (tertiary/aromatic N) is 2. The van der Waals surface area contributed by atoms with Crippen molar-refractivity contribution in [3.63, 3.8) is 0 Å². The smallest absolute Gasteiger partial charge is 0.326 e. The third-order valence-corrected chi connectivity index (χ3v) is 4.81. The maximum Gasteiger partial charge on any atom is 0.326 e. The number of carboxylic acids is 1. The zero-order chi connectivity index (χ0) is 17.3. The van der Waals surface area contributed by atoms with E-state index in [4.69, 9.17) is 0 Å². The Kier molecular flexibility index (Phi) is 4.71. The van der Waals surface area contributed by atoms with Crippen LogP contribution in [0.3, 0.4) is 0 Å². The van der Waals surface area contributed by atoms with Gasteiger partial charge in [-0.25, -0.2) is 9.78 Å². The van der Waals surface area contributed by atoms with Gasteiger partial charge in [-0.15, -0.1) is 0 Å². The van der Waals surface area contributed by atoms with Crippen LogP contribution in [0.4, 0.5) is 5.82 Å². The summed E-state index contributed by atoms with van der Waals surface area (Å²) in [5.41, 5.74) is 3.00. The topological polar surface area (TPSA) is 53.4 Å². The summed E-state index contributed by atoms with van der Waals surface area (Å²) >= 11 is 2.29. The Bertz CT molecular complexity index is 897. The first-order valence-corrected chi connectivity index (χ1v) is 8.66. The third-order valence-electron chi connectivity index (χ3n) is 4.14. The van der Waals surface area contributed by atoms with Crippen LogP contribution < -0.4 is 4.90 Å². The van der Waals surface area contributed by atoms with Gasteiger partial charge in [0.15, 0.2) is 0 Å². The minimum absolute atomic E-state index is 0.650. The zero-order valence-electron chi connectivity index (χ0n) is 13.4. The highest BCUT2D eigenvalue weighted by molar-refractivity contribution is 14.1. The summed E-state index contributed by atoms with van der Waals surface area (Å²) < 4.78 is 1.14. The second-order valence-electron chi connectivity index (χ2n) is 5.68. The van der Waals surface area contributed by atoms with Gasteiger partial charge in [0.05, 0.1) is 5.52 Å². The Morgan fingerprint density at radius 3 is 2.54 bits per heavy atom. The summed E-state index contributed by atoms with van der Waals surface area (Å²) in [6, 6.07) is 17.5. The summed E-state index contributed by atoms with van der Waals surface area (Å²) in [4.78, 5) is 17.7. The quantitative estimate of drug-likeness (QED) is 0.621. The summed E-state index contributed by atoms with van der Waals surface area (Å²) in [5.74, 6) is -0.222. The van der Waals surface area contributed by atoms with Crippen molar-refractivity contribution in [1.82, 2.24) is 4.98 Å². The predicted molar refractivity (Wildman–Crippen MR) is 105 cm³/mol. The van der Waals surface area contributed by atoms with Gasteiger partial charge in [-0.1, -0.05) is 30.3 Å². The fourth-order valence-electron chi connectivity index (χ4n) is 2.59. The first-order chi connectivity index (χ1) is 11.5. The van der Waals surface area contributed by atoms with E-state index in [1.807, 2.05) is 36.4 Å². The average Bonchev–Trinajstić information content (AvgIpc) is 2.60. The molecule has 24 heavy (non-hydrogen) atoms. The number of carbonyl (C=O) groups is 1. The minimum atomic E-state index is -0.872. The molecule has 3 aromatic rings. The van der Waals surface area contributed by atoms with Crippen LogP contribution in [-0.4, -0.2) is 29.1 Å². The molecular weight excluding hydrogens is 415 g/mol. The number of pyridine rings is 1. The number of benzene rings is 2. The van der Waals surface area contributed by atoms with E-state index in [1.165, 1.54) is 0 Å². The van der Waals surface area contributed by atoms with Crippen molar-refractivity contribution in [3.05, 3.63) is 58.2 Å². The number of carboxylic acid groups (broad SMARTS) is 1. The lowest BCUT2D eigenvalue weighted by Gasteiger charge is -2.24. The molecular formula is C19H17IN2O2. The van der Waals surface area contributed by atoms with Crippen molar-refractivity contribution in [2.24, 2.45) is 0 Å². The molecule has 0 bridgehead atoms. The fraction of sp³-hybridized carbons (Fsp3) is 0.158. The van der Waals surface area contributed by atoms with E-state index in [1.54, 1.807) is 18.9 Å². The van der Waals surface area contributed by atoms with Crippen molar-refractivity contribution in [2.45, 2.75) is 13.0 Å². The highest BCUT2D eigenvalue weighted by atomic mass is 127. The lowest BCUT2D eigenvalue weighted by Crippen LogP contribution is -2.36. The molecule has 1 N–H and O–H groups in total. The highest BCUT2D eigenvalue weighted by Gasteiger charge is 2.20. The molecule has 0 saturated carbocycles. The summed E-state index contributed by atoms with van der Waals surface area (Å²) in [5, 5.41) is 10.3. The molecule has 1 heterocycles. The molecule has 0 aliphatic carbocycles. The van der Waals surface area contributed by atoms with Crippen molar-refractivity contribution in [1.29, 1.82) is 0 Å². The molecule has 4 nitrogen and oxygen atoms in total. The van der Waals surface area contributed by atoms with E-state index in [2.05, 4.69) is 45.8 Å². The van der Waals surface area contributed by atoms with Gasteiger partial charge < -0.3 is 10.0 Å². The SMILES string of the molecule is CC(C(=O)O)N(C)c1cc(-c2ccccc2)c2cc(I)ccc2n1. The van der Waals surface area contributed by atoms with Crippen LogP contribution in [0.15, 0.2) is 54.6 Å². The normalized spacial score (nSPS) is 12.1. The number of likely N-dealkylation sites (N-methyl/N-ethyl adjacent to an activating group) is 1. The van der Waals surface area contributed by atoms with Gasteiger partial charge in [-0.3, -0.25) is 0 Å². The molecule has 0 radical (unpaired) electrons. The number of aromatic nitrogens is 1. The molecule has 5 heteroatoms. The average molecular weight is 432 g/mol. The van der Waals surface area contributed by atoms with Crippen LogP contribution in [0, 0.1) is 3.57 Å². The molecule has 0 fully saturated rings. The van der Waals surface area contributed by atoms with Crippen molar-refractivity contribution in [3.8, 4) is 11.1 Å². The molecule has 0 spiro atoms. The molecule has 1 atom stereocenters. The summed E-state index contributed by atoms with van der Waals surface area (Å²) in [6.45, 7) is 1.66. The van der Waals surface area contributed by atoms with E-state index < -0.39 is 12.0 Å². The molecule has 0 aliphatic heterocycles. The largest absolute Gasteiger partial charge is 0.480 e. The highest BCUT2D eigenvalue weighted by Crippen LogP contribution is 2.32. The van der Waals surface area contributed by atoms with E-state index in [-0.39, 0.29) is 0 Å². The van der Waals surface area contributed by atoms with Crippen molar-refractivity contribution in [2.75, 3.05) is 11.9 Å². The molecule has 2 aromatic carbocycles. The lowest BCUT2D eigenvalue weighted by atomic mass is 10.0. The van der Waals surface area contributed by atoms with Crippen LogP contribution in [-0.2, 0) is 4.79 Å². The van der Waals surface area contributed by atoms with E-state index >= 15 is 0 Å². The van der Waals surface area contributed by atoms with Gasteiger partial charge in [0, 0.05) is 16.0 Å². The van der Waals surface area contributed by atoms with Crippen LogP contribution >= 0.6 is 22.6 Å². The second kappa shape index (κ2) is 6.76. The molecule has 0 saturated heterocycles. The number of hydrogen-bond acceptors (Lipinski definition) is 3. The van der Waals surface area contributed by atoms with Gasteiger partial charge in [0.25, 0.3) is 0 Å². The van der Waals surface area contributed by atoms with Gasteiger partial charge in [0.1, 0.15) is 11.9 Å². The van der Waals surface area contributed by atoms with Gasteiger partial charge >= 0.3 is 5.97 Å². The maximum absolute atomic E-state index is 11.3. The fourth-order valence-corrected chi connectivity index (χ4v) is 3.08. The Morgan fingerprint density at radius 1 is 1.17 bits per heavy atom.